The molecule has 10 nitrogen and oxygen atoms in total. The maximum atomic E-state index is 12.9. The Kier molecular flexibility index (Phi) is 6.45. The summed E-state index contributed by atoms with van der Waals surface area (Å²) in [7, 11) is 3.13. The number of nitrogens with two attached hydrogens (primary N) is 1. The molecule has 2 aromatic heterocycles. The van der Waals surface area contributed by atoms with Crippen LogP contribution in [0.4, 0.5) is 11.5 Å². The Labute approximate surface area is 173 Å². The largest absolute Gasteiger partial charge is 0.480 e. The summed E-state index contributed by atoms with van der Waals surface area (Å²) in [5.41, 5.74) is 6.37. The minimum Gasteiger partial charge on any atom is -0.480 e. The number of carbonyl (C=O) groups excluding carboxylic acids is 3. The third kappa shape index (κ3) is 4.48. The monoisotopic (exact) mass is 412 g/mol. The van der Waals surface area contributed by atoms with Gasteiger partial charge in [0.1, 0.15) is 11.4 Å². The third-order valence-corrected chi connectivity index (χ3v) is 4.95. The third-order valence-electron chi connectivity index (χ3n) is 4.95. The summed E-state index contributed by atoms with van der Waals surface area (Å²) in [6.45, 7) is 0.470. The van der Waals surface area contributed by atoms with E-state index < -0.39 is 17.7 Å². The molecule has 1 aliphatic rings. The number of aromatic nitrogens is 2. The Morgan fingerprint density at radius 2 is 2.00 bits per heavy atom. The first kappa shape index (κ1) is 21.0. The van der Waals surface area contributed by atoms with Crippen LogP contribution in [0.1, 0.15) is 41.2 Å². The second kappa shape index (κ2) is 9.21. The van der Waals surface area contributed by atoms with Gasteiger partial charge in [0.05, 0.1) is 25.0 Å². The highest BCUT2D eigenvalue weighted by Gasteiger charge is 2.32. The van der Waals surface area contributed by atoms with Crippen LogP contribution in [0.3, 0.4) is 0 Å². The molecule has 0 spiro atoms. The summed E-state index contributed by atoms with van der Waals surface area (Å²) in [4.78, 5) is 46.9. The second-order valence-electron chi connectivity index (χ2n) is 6.84. The molecular formula is C20H24N6O4. The normalized spacial score (nSPS) is 15.9. The summed E-state index contributed by atoms with van der Waals surface area (Å²) < 4.78 is 4.98. The fourth-order valence-electron chi connectivity index (χ4n) is 3.45. The first-order chi connectivity index (χ1) is 14.4. The summed E-state index contributed by atoms with van der Waals surface area (Å²) >= 11 is 0. The number of methoxy groups -OCH3 is 1. The maximum absolute atomic E-state index is 12.9. The highest BCUT2D eigenvalue weighted by Crippen LogP contribution is 2.31. The molecule has 10 heteroatoms. The van der Waals surface area contributed by atoms with E-state index in [9.17, 15) is 14.4 Å². The van der Waals surface area contributed by atoms with Gasteiger partial charge in [-0.3, -0.25) is 14.4 Å². The van der Waals surface area contributed by atoms with E-state index >= 15 is 0 Å². The molecule has 30 heavy (non-hydrogen) atoms. The van der Waals surface area contributed by atoms with Crippen molar-refractivity contribution in [1.82, 2.24) is 14.9 Å². The first-order valence-electron chi connectivity index (χ1n) is 9.54. The topological polar surface area (TPSA) is 140 Å². The lowest BCUT2D eigenvalue weighted by Crippen LogP contribution is -2.44. The number of piperidine rings is 1. The van der Waals surface area contributed by atoms with E-state index in [1.165, 1.54) is 19.4 Å². The Hall–Kier alpha value is -3.69. The van der Waals surface area contributed by atoms with Crippen LogP contribution < -0.4 is 21.1 Å². The Morgan fingerprint density at radius 3 is 2.63 bits per heavy atom. The number of anilines is 2. The molecule has 1 saturated heterocycles. The molecule has 3 amide bonds. The van der Waals surface area contributed by atoms with Crippen molar-refractivity contribution >= 4 is 29.2 Å². The number of amides is 3. The summed E-state index contributed by atoms with van der Waals surface area (Å²) in [5, 5.41) is 5.45. The van der Waals surface area contributed by atoms with Crippen molar-refractivity contribution in [2.24, 2.45) is 5.73 Å². The predicted octanol–water partition coefficient (Wildman–Crippen LogP) is 1.32. The van der Waals surface area contributed by atoms with Crippen LogP contribution in [-0.2, 0) is 9.59 Å². The molecule has 1 atom stereocenters. The summed E-state index contributed by atoms with van der Waals surface area (Å²) in [6.07, 6.45) is 5.52. The molecule has 0 saturated carbocycles. The average Bonchev–Trinajstić information content (AvgIpc) is 2.78. The van der Waals surface area contributed by atoms with Crippen LogP contribution in [-0.4, -0.2) is 53.3 Å². The molecule has 0 radical (unpaired) electrons. The number of primary amides is 1. The molecule has 0 unspecified atom stereocenters. The number of rotatable bonds is 5. The molecule has 0 aromatic carbocycles. The molecule has 158 valence electrons. The zero-order chi connectivity index (χ0) is 21.7. The van der Waals surface area contributed by atoms with E-state index in [0.29, 0.717) is 6.54 Å². The summed E-state index contributed by atoms with van der Waals surface area (Å²) in [6, 6.07) is 4.83. The molecule has 3 heterocycles. The van der Waals surface area contributed by atoms with Gasteiger partial charge in [-0.2, -0.15) is 0 Å². The van der Waals surface area contributed by atoms with Gasteiger partial charge in [-0.05, 0) is 37.0 Å². The van der Waals surface area contributed by atoms with E-state index in [4.69, 9.17) is 10.5 Å². The lowest BCUT2D eigenvalue weighted by atomic mass is 9.96. The molecule has 0 aliphatic carbocycles. The second-order valence-corrected chi connectivity index (χ2v) is 6.84. The number of nitrogens with one attached hydrogen (secondary N) is 2. The van der Waals surface area contributed by atoms with Crippen LogP contribution in [0.2, 0.25) is 0 Å². The number of nitrogens with zero attached hydrogens (tertiary/aromatic N) is 3. The van der Waals surface area contributed by atoms with Gasteiger partial charge in [0.25, 0.3) is 5.91 Å². The van der Waals surface area contributed by atoms with E-state index in [1.807, 2.05) is 12.1 Å². The van der Waals surface area contributed by atoms with Crippen LogP contribution in [0.25, 0.3) is 0 Å². The number of likely N-dealkylation sites (tertiary alicyclic amines) is 1. The molecule has 3 rings (SSSR count). The SMILES string of the molecule is CNc1ccc([C@@H]2CCCCN2C(=O)C(=O)Nc2cnc(OC)c(C(N)=O)c2)cn1. The van der Waals surface area contributed by atoms with E-state index in [0.717, 1.165) is 30.6 Å². The van der Waals surface area contributed by atoms with Crippen LogP contribution in [0, 0.1) is 0 Å². The summed E-state index contributed by atoms with van der Waals surface area (Å²) in [5.74, 6) is -1.46. The minimum atomic E-state index is -0.816. The maximum Gasteiger partial charge on any atom is 0.313 e. The van der Waals surface area contributed by atoms with Gasteiger partial charge in [0.15, 0.2) is 0 Å². The van der Waals surface area contributed by atoms with Gasteiger partial charge in [-0.15, -0.1) is 0 Å². The Bertz CT molecular complexity index is 947. The van der Waals surface area contributed by atoms with Gasteiger partial charge >= 0.3 is 11.8 Å². The standard InChI is InChI=1S/C20H24N6O4/c1-22-16-7-6-12(10-23-16)15-5-3-4-8-26(15)20(29)18(28)25-13-9-14(17(21)27)19(30-2)24-11-13/h6-7,9-11,15H,3-5,8H2,1-2H3,(H2,21,27)(H,22,23)(H,25,28)/t15-/m0/s1. The predicted molar refractivity (Wildman–Crippen MR) is 110 cm³/mol. The zero-order valence-electron chi connectivity index (χ0n) is 16.8. The van der Waals surface area contributed by atoms with Crippen molar-refractivity contribution in [2.45, 2.75) is 25.3 Å². The van der Waals surface area contributed by atoms with Gasteiger partial charge < -0.3 is 26.0 Å². The van der Waals surface area contributed by atoms with Crippen molar-refractivity contribution < 1.29 is 19.1 Å². The lowest BCUT2D eigenvalue weighted by Gasteiger charge is -2.35. The van der Waals surface area contributed by atoms with Crippen molar-refractivity contribution in [1.29, 1.82) is 0 Å². The van der Waals surface area contributed by atoms with Crippen LogP contribution >= 0.6 is 0 Å². The van der Waals surface area contributed by atoms with Crippen LogP contribution in [0.5, 0.6) is 5.88 Å². The highest BCUT2D eigenvalue weighted by molar-refractivity contribution is 6.39. The van der Waals surface area contributed by atoms with E-state index in [1.54, 1.807) is 18.1 Å². The lowest BCUT2D eigenvalue weighted by molar-refractivity contribution is -0.145. The highest BCUT2D eigenvalue weighted by atomic mass is 16.5. The number of hydrogen-bond acceptors (Lipinski definition) is 7. The molecular weight excluding hydrogens is 388 g/mol. The van der Waals surface area contributed by atoms with E-state index in [-0.39, 0.29) is 23.2 Å². The minimum absolute atomic E-state index is 0.00861. The molecule has 1 aliphatic heterocycles. The first-order valence-corrected chi connectivity index (χ1v) is 9.54. The molecule has 2 aromatic rings. The Morgan fingerprint density at radius 1 is 1.20 bits per heavy atom. The molecule has 1 fully saturated rings. The zero-order valence-corrected chi connectivity index (χ0v) is 16.8. The van der Waals surface area contributed by atoms with Gasteiger partial charge in [-0.25, -0.2) is 9.97 Å². The fraction of sp³-hybridized carbons (Fsp3) is 0.350. The smallest absolute Gasteiger partial charge is 0.313 e. The van der Waals surface area contributed by atoms with Crippen molar-refractivity contribution in [3.05, 3.63) is 41.7 Å². The van der Waals surface area contributed by atoms with Crippen molar-refractivity contribution in [3.8, 4) is 5.88 Å². The number of pyridine rings is 2. The quantitative estimate of drug-likeness (QED) is 0.629. The van der Waals surface area contributed by atoms with Gasteiger partial charge in [0, 0.05) is 19.8 Å². The van der Waals surface area contributed by atoms with Crippen molar-refractivity contribution in [3.63, 3.8) is 0 Å². The number of hydrogen-bond donors (Lipinski definition) is 3. The van der Waals surface area contributed by atoms with Gasteiger partial charge in [0.2, 0.25) is 5.88 Å². The number of carbonyl (C=O) groups is 3. The van der Waals surface area contributed by atoms with E-state index in [2.05, 4.69) is 20.6 Å². The number of ether oxygens (including phenoxy) is 1. The average molecular weight is 412 g/mol. The Balaban J connectivity index is 1.77. The van der Waals surface area contributed by atoms with Crippen LogP contribution in [0.15, 0.2) is 30.6 Å². The van der Waals surface area contributed by atoms with Gasteiger partial charge in [-0.1, -0.05) is 6.07 Å². The fourth-order valence-corrected chi connectivity index (χ4v) is 3.45. The molecule has 0 bridgehead atoms. The molecule has 4 N–H and O–H groups in total. The van der Waals surface area contributed by atoms with Crippen molar-refractivity contribution in [2.75, 3.05) is 31.3 Å².